The highest BCUT2D eigenvalue weighted by molar-refractivity contribution is 5.99. The number of H-pyrrole nitrogens is 1. The Morgan fingerprint density at radius 3 is 2.86 bits per heavy atom. The van der Waals surface area contributed by atoms with Crippen LogP contribution in [0.5, 0.6) is 5.75 Å². The van der Waals surface area contributed by atoms with Gasteiger partial charge in [-0.25, -0.2) is 4.98 Å². The smallest absolute Gasteiger partial charge is 0.163 e. The van der Waals surface area contributed by atoms with Crippen molar-refractivity contribution in [1.29, 1.82) is 0 Å². The number of benzene rings is 3. The molecule has 5 aromatic rings. The first-order valence-corrected chi connectivity index (χ1v) is 12.3. The summed E-state index contributed by atoms with van der Waals surface area (Å²) in [7, 11) is 0. The number of nitrogens with zero attached hydrogens (tertiary/aromatic N) is 3. The molecule has 1 aliphatic carbocycles. The average Bonchev–Trinajstić information content (AvgIpc) is 3.60. The second kappa shape index (κ2) is 9.70. The number of carbonyl (C=O) groups excluding carboxylic acids is 1. The van der Waals surface area contributed by atoms with Crippen molar-refractivity contribution in [2.45, 2.75) is 38.5 Å². The topological polar surface area (TPSA) is 84.8 Å². The van der Waals surface area contributed by atoms with Crippen LogP contribution in [0.25, 0.3) is 10.9 Å². The maximum Gasteiger partial charge on any atom is 0.163 e. The summed E-state index contributed by atoms with van der Waals surface area (Å²) < 4.78 is 8.76. The summed E-state index contributed by atoms with van der Waals surface area (Å²) >= 11 is 0. The van der Waals surface area contributed by atoms with Crippen molar-refractivity contribution in [1.82, 2.24) is 19.7 Å². The number of aromatic amines is 1. The highest BCUT2D eigenvalue weighted by Crippen LogP contribution is 2.35. The van der Waals surface area contributed by atoms with Crippen molar-refractivity contribution in [3.63, 3.8) is 0 Å². The number of aromatic nitrogens is 4. The van der Waals surface area contributed by atoms with Crippen LogP contribution in [0, 0.1) is 0 Å². The van der Waals surface area contributed by atoms with Crippen LogP contribution < -0.4 is 10.1 Å². The van der Waals surface area contributed by atoms with Gasteiger partial charge in [0.05, 0.1) is 24.6 Å². The van der Waals surface area contributed by atoms with Gasteiger partial charge in [0.2, 0.25) is 0 Å². The lowest BCUT2D eigenvalue weighted by Crippen LogP contribution is -2.19. The lowest BCUT2D eigenvalue weighted by molar-refractivity contribution is 0.0972. The van der Waals surface area contributed by atoms with Gasteiger partial charge in [0.25, 0.3) is 0 Å². The molecule has 1 aliphatic rings. The Bertz CT molecular complexity index is 1490. The summed E-state index contributed by atoms with van der Waals surface area (Å²) in [6.07, 6.45) is 9.47. The summed E-state index contributed by atoms with van der Waals surface area (Å²) in [4.78, 5) is 16.9. The van der Waals surface area contributed by atoms with Crippen LogP contribution in [-0.2, 0) is 19.5 Å². The zero-order chi connectivity index (χ0) is 24.3. The Hall–Kier alpha value is -4.39. The van der Waals surface area contributed by atoms with Crippen molar-refractivity contribution < 1.29 is 9.53 Å². The van der Waals surface area contributed by atoms with Gasteiger partial charge in [-0.2, -0.15) is 5.10 Å². The number of nitrogens with one attached hydrogen (secondary N) is 2. The molecule has 36 heavy (non-hydrogen) atoms. The highest BCUT2D eigenvalue weighted by atomic mass is 16.5. The molecule has 7 heteroatoms. The van der Waals surface area contributed by atoms with E-state index in [1.807, 2.05) is 59.4 Å². The first-order valence-electron chi connectivity index (χ1n) is 12.3. The van der Waals surface area contributed by atoms with Gasteiger partial charge in [-0.1, -0.05) is 30.3 Å². The molecule has 2 aromatic heterocycles. The van der Waals surface area contributed by atoms with Crippen molar-refractivity contribution in [2.24, 2.45) is 0 Å². The molecule has 180 valence electrons. The Morgan fingerprint density at radius 2 is 2.00 bits per heavy atom. The minimum atomic E-state index is -0.209. The first kappa shape index (κ1) is 22.1. The summed E-state index contributed by atoms with van der Waals surface area (Å²) in [6.45, 7) is 1.19. The molecule has 0 fully saturated rings. The van der Waals surface area contributed by atoms with E-state index in [0.29, 0.717) is 19.5 Å². The molecule has 0 spiro atoms. The maximum atomic E-state index is 12.7. The Morgan fingerprint density at radius 1 is 1.08 bits per heavy atom. The predicted octanol–water partition coefficient (Wildman–Crippen LogP) is 5.71. The minimum absolute atomic E-state index is 0.209. The van der Waals surface area contributed by atoms with Gasteiger partial charge in [-0.05, 0) is 54.3 Å². The fourth-order valence-corrected chi connectivity index (χ4v) is 4.94. The van der Waals surface area contributed by atoms with Crippen molar-refractivity contribution in [2.75, 3.05) is 5.32 Å². The summed E-state index contributed by atoms with van der Waals surface area (Å²) in [5.41, 5.74) is 6.03. The molecule has 0 radical (unpaired) electrons. The number of ether oxygens (including phenoxy) is 1. The molecule has 0 aliphatic heterocycles. The zero-order valence-corrected chi connectivity index (χ0v) is 19.9. The second-order valence-electron chi connectivity index (χ2n) is 9.15. The maximum absolute atomic E-state index is 12.7. The van der Waals surface area contributed by atoms with Gasteiger partial charge in [0, 0.05) is 47.6 Å². The van der Waals surface area contributed by atoms with E-state index in [1.54, 1.807) is 12.5 Å². The van der Waals surface area contributed by atoms with Crippen LogP contribution in [0.4, 0.5) is 5.69 Å². The fourth-order valence-electron chi connectivity index (χ4n) is 4.94. The van der Waals surface area contributed by atoms with Gasteiger partial charge < -0.3 is 14.6 Å². The van der Waals surface area contributed by atoms with Gasteiger partial charge in [-0.3, -0.25) is 9.89 Å². The number of carbonyl (C=O) groups is 1. The van der Waals surface area contributed by atoms with E-state index in [-0.39, 0.29) is 11.9 Å². The van der Waals surface area contributed by atoms with Crippen LogP contribution in [0.3, 0.4) is 0 Å². The summed E-state index contributed by atoms with van der Waals surface area (Å²) in [5.74, 6) is 1.01. The predicted molar refractivity (Wildman–Crippen MR) is 139 cm³/mol. The largest absolute Gasteiger partial charge is 0.483 e. The van der Waals surface area contributed by atoms with E-state index in [4.69, 9.17) is 4.74 Å². The van der Waals surface area contributed by atoms with E-state index in [9.17, 15) is 4.79 Å². The molecule has 0 bridgehead atoms. The van der Waals surface area contributed by atoms with E-state index in [0.717, 1.165) is 57.4 Å². The first-order chi connectivity index (χ1) is 17.7. The number of ketones is 1. The van der Waals surface area contributed by atoms with Crippen molar-refractivity contribution in [3.05, 3.63) is 108 Å². The molecule has 2 heterocycles. The number of fused-ring (bicyclic) bond motifs is 2. The molecule has 3 aromatic carbocycles. The zero-order valence-electron chi connectivity index (χ0n) is 19.9. The van der Waals surface area contributed by atoms with Crippen LogP contribution in [-0.4, -0.2) is 25.5 Å². The second-order valence-corrected chi connectivity index (χ2v) is 9.15. The average molecular weight is 478 g/mol. The van der Waals surface area contributed by atoms with Crippen LogP contribution >= 0.6 is 0 Å². The number of hydrogen-bond donors (Lipinski definition) is 2. The number of imidazole rings is 1. The van der Waals surface area contributed by atoms with E-state index < -0.39 is 0 Å². The Kier molecular flexibility index (Phi) is 5.95. The van der Waals surface area contributed by atoms with Gasteiger partial charge in [0.15, 0.2) is 5.78 Å². The SMILES string of the molecule is O=C1CCCc2c1ccc(O[C@H](Cn1ccnc1)c1ccccc1)c2CNc1ccc2[nH]ncc2c1. The fraction of sp³-hybridized carbons (Fsp3) is 0.207. The molecule has 7 nitrogen and oxygen atoms in total. The highest BCUT2D eigenvalue weighted by Gasteiger charge is 2.24. The standard InChI is InChI=1S/C29H27N5O2/c35-27-8-4-7-23-24(27)10-12-28(25(23)17-31-22-9-11-26-21(15-22)16-32-33-26)36-29(18-34-14-13-30-19-34)20-5-2-1-3-6-20/h1-3,5-6,9-16,19,29,31H,4,7-8,17-18H2,(H,32,33)/t29-/m1/s1. The summed E-state index contributed by atoms with van der Waals surface area (Å²) in [6, 6.07) is 20.3. The lowest BCUT2D eigenvalue weighted by Gasteiger charge is -2.26. The quantitative estimate of drug-likeness (QED) is 0.299. The minimum Gasteiger partial charge on any atom is -0.483 e. The van der Waals surface area contributed by atoms with Crippen LogP contribution in [0.1, 0.15) is 46.0 Å². The Labute approximate surface area is 209 Å². The van der Waals surface area contributed by atoms with E-state index in [1.165, 1.54) is 0 Å². The van der Waals surface area contributed by atoms with E-state index >= 15 is 0 Å². The molecule has 0 amide bonds. The number of anilines is 1. The van der Waals surface area contributed by atoms with Crippen molar-refractivity contribution >= 4 is 22.4 Å². The molecule has 6 rings (SSSR count). The number of Topliss-reactive ketones (excluding diaryl/α,β-unsaturated/α-hetero) is 1. The third-order valence-corrected chi connectivity index (χ3v) is 6.81. The molecule has 1 atom stereocenters. The monoisotopic (exact) mass is 477 g/mol. The number of hydrogen-bond acceptors (Lipinski definition) is 5. The number of rotatable bonds is 8. The molecule has 0 saturated heterocycles. The lowest BCUT2D eigenvalue weighted by atomic mass is 9.86. The molecule has 0 unspecified atom stereocenters. The van der Waals surface area contributed by atoms with Gasteiger partial charge >= 0.3 is 0 Å². The van der Waals surface area contributed by atoms with E-state index in [2.05, 4.69) is 38.7 Å². The molecule has 2 N–H and O–H groups in total. The van der Waals surface area contributed by atoms with Crippen LogP contribution in [0.2, 0.25) is 0 Å². The molecular formula is C29H27N5O2. The molecule has 0 saturated carbocycles. The van der Waals surface area contributed by atoms with Gasteiger partial charge in [-0.15, -0.1) is 0 Å². The normalized spacial score (nSPS) is 13.9. The third-order valence-electron chi connectivity index (χ3n) is 6.81. The molecular weight excluding hydrogens is 450 g/mol. The summed E-state index contributed by atoms with van der Waals surface area (Å²) in [5, 5.41) is 11.7. The Balaban J connectivity index is 1.35. The van der Waals surface area contributed by atoms with Crippen LogP contribution in [0.15, 0.2) is 85.6 Å². The third kappa shape index (κ3) is 4.47. The van der Waals surface area contributed by atoms with Gasteiger partial charge in [0.1, 0.15) is 11.9 Å². The van der Waals surface area contributed by atoms with Crippen molar-refractivity contribution in [3.8, 4) is 5.75 Å².